The summed E-state index contributed by atoms with van der Waals surface area (Å²) in [6, 6.07) is 1.46. The average molecular weight is 320 g/mol. The predicted octanol–water partition coefficient (Wildman–Crippen LogP) is 1.63. The van der Waals surface area contributed by atoms with E-state index in [1.807, 2.05) is 13.8 Å². The first-order valence-corrected chi connectivity index (χ1v) is 6.47. The zero-order valence-electron chi connectivity index (χ0n) is 12.6. The zero-order valence-corrected chi connectivity index (χ0v) is 13.4. The highest BCUT2D eigenvalue weighted by atomic mass is 35.5. The number of phenolic OH excluding ortho intramolecular Hbond substituents is 1. The van der Waals surface area contributed by atoms with Crippen molar-refractivity contribution in [2.24, 2.45) is 0 Å². The van der Waals surface area contributed by atoms with Gasteiger partial charge in [-0.1, -0.05) is 0 Å². The second-order valence-electron chi connectivity index (χ2n) is 5.19. The van der Waals surface area contributed by atoms with Gasteiger partial charge in [0.2, 0.25) is 5.75 Å². The maximum atomic E-state index is 10.4. The Kier molecular flexibility index (Phi) is 5.55. The van der Waals surface area contributed by atoms with E-state index in [2.05, 4.69) is 5.32 Å². The predicted molar refractivity (Wildman–Crippen MR) is 81.0 cm³/mol. The van der Waals surface area contributed by atoms with Gasteiger partial charge in [0.25, 0.3) is 0 Å². The van der Waals surface area contributed by atoms with Crippen LogP contribution in [0.3, 0.4) is 0 Å². The Morgan fingerprint density at radius 3 is 2.52 bits per heavy atom. The fourth-order valence-electron chi connectivity index (χ4n) is 2.58. The minimum atomic E-state index is -0.549. The number of phenols is 1. The maximum Gasteiger partial charge on any atom is 0.203 e. The van der Waals surface area contributed by atoms with E-state index in [9.17, 15) is 5.11 Å². The number of aromatic hydroxyl groups is 1. The van der Waals surface area contributed by atoms with E-state index in [0.29, 0.717) is 23.6 Å². The largest absolute Gasteiger partial charge is 0.504 e. The second kappa shape index (κ2) is 6.60. The van der Waals surface area contributed by atoms with Crippen LogP contribution in [0.25, 0.3) is 0 Å². The van der Waals surface area contributed by atoms with Crippen molar-refractivity contribution in [3.63, 3.8) is 0 Å². The first-order chi connectivity index (χ1) is 9.46. The van der Waals surface area contributed by atoms with Gasteiger partial charge in [-0.05, 0) is 13.8 Å². The molecular formula is C14H22ClNO5. The molecule has 0 bridgehead atoms. The smallest absolute Gasteiger partial charge is 0.203 e. The summed E-state index contributed by atoms with van der Waals surface area (Å²) in [6.07, 6.45) is 0. The molecule has 0 saturated carbocycles. The molecule has 0 amide bonds. The molecule has 3 N–H and O–H groups in total. The highest BCUT2D eigenvalue weighted by Crippen LogP contribution is 2.54. The van der Waals surface area contributed by atoms with E-state index in [0.717, 1.165) is 0 Å². The molecule has 0 aromatic heterocycles. The molecule has 2 rings (SSSR count). The van der Waals surface area contributed by atoms with Crippen molar-refractivity contribution in [3.05, 3.63) is 11.6 Å². The fourth-order valence-corrected chi connectivity index (χ4v) is 2.58. The van der Waals surface area contributed by atoms with E-state index < -0.39 is 5.60 Å². The molecule has 1 unspecified atom stereocenters. The molecule has 21 heavy (non-hydrogen) atoms. The van der Waals surface area contributed by atoms with E-state index >= 15 is 0 Å². The van der Waals surface area contributed by atoms with Crippen molar-refractivity contribution in [1.82, 2.24) is 5.32 Å². The van der Waals surface area contributed by atoms with Gasteiger partial charge in [-0.25, -0.2) is 0 Å². The Bertz CT molecular complexity index is 507. The molecule has 6 nitrogen and oxygen atoms in total. The van der Waals surface area contributed by atoms with Crippen LogP contribution in [0.4, 0.5) is 0 Å². The second-order valence-corrected chi connectivity index (χ2v) is 5.19. The van der Waals surface area contributed by atoms with Gasteiger partial charge < -0.3 is 29.7 Å². The molecule has 120 valence electrons. The standard InChI is InChI=1S/C14H21NO5.ClH/c1-14(2)13(15-5-6-16)10-8(20-14)7-9(18-3)12(19-4)11(10)17;/h7,13,15-17H,5-6H2,1-4H3;1H. The number of hydrogen-bond acceptors (Lipinski definition) is 6. The SMILES string of the molecule is COc1cc2c(c(O)c1OC)C(NCCO)C(C)(C)O2.Cl. The third-order valence-corrected chi connectivity index (χ3v) is 3.46. The van der Waals surface area contributed by atoms with Gasteiger partial charge in [-0.2, -0.15) is 0 Å². The number of aliphatic hydroxyl groups excluding tert-OH is 1. The Morgan fingerprint density at radius 2 is 2.00 bits per heavy atom. The summed E-state index contributed by atoms with van der Waals surface area (Å²) in [5, 5.41) is 22.6. The third kappa shape index (κ3) is 2.97. The lowest BCUT2D eigenvalue weighted by Crippen LogP contribution is -2.40. The lowest BCUT2D eigenvalue weighted by Gasteiger charge is -2.27. The van der Waals surface area contributed by atoms with Crippen molar-refractivity contribution in [2.45, 2.75) is 25.5 Å². The van der Waals surface area contributed by atoms with Crippen molar-refractivity contribution in [1.29, 1.82) is 0 Å². The lowest BCUT2D eigenvalue weighted by molar-refractivity contribution is 0.0936. The van der Waals surface area contributed by atoms with Gasteiger partial charge in [0.05, 0.1) is 32.4 Å². The van der Waals surface area contributed by atoms with Crippen LogP contribution in [0.5, 0.6) is 23.0 Å². The average Bonchev–Trinajstić information content (AvgIpc) is 2.66. The van der Waals surface area contributed by atoms with Crippen LogP contribution in [0, 0.1) is 0 Å². The summed E-state index contributed by atoms with van der Waals surface area (Å²) in [6.45, 7) is 4.25. The van der Waals surface area contributed by atoms with Crippen LogP contribution in [0.2, 0.25) is 0 Å². The number of aliphatic hydroxyl groups is 1. The molecule has 0 saturated heterocycles. The highest BCUT2D eigenvalue weighted by molar-refractivity contribution is 5.85. The number of benzene rings is 1. The number of rotatable bonds is 5. The number of methoxy groups -OCH3 is 2. The van der Waals surface area contributed by atoms with Crippen LogP contribution in [0.1, 0.15) is 25.5 Å². The molecule has 1 atom stereocenters. The molecule has 1 aliphatic heterocycles. The van der Waals surface area contributed by atoms with Gasteiger partial charge in [0.15, 0.2) is 11.5 Å². The zero-order chi connectivity index (χ0) is 14.9. The van der Waals surface area contributed by atoms with E-state index in [1.54, 1.807) is 6.07 Å². The summed E-state index contributed by atoms with van der Waals surface area (Å²) in [4.78, 5) is 0. The Hall–Kier alpha value is -1.37. The van der Waals surface area contributed by atoms with Gasteiger partial charge in [0, 0.05) is 12.6 Å². The normalized spacial score (nSPS) is 18.4. The molecule has 0 fully saturated rings. The third-order valence-electron chi connectivity index (χ3n) is 3.46. The summed E-state index contributed by atoms with van der Waals surface area (Å²) in [5.41, 5.74) is 0.0768. The number of halogens is 1. The molecule has 1 heterocycles. The molecule has 1 aromatic carbocycles. The van der Waals surface area contributed by atoms with Gasteiger partial charge in [0.1, 0.15) is 11.4 Å². The van der Waals surface area contributed by atoms with Gasteiger partial charge >= 0.3 is 0 Å². The Morgan fingerprint density at radius 1 is 1.33 bits per heavy atom. The van der Waals surface area contributed by atoms with Gasteiger partial charge in [-0.15, -0.1) is 12.4 Å². The highest BCUT2D eigenvalue weighted by Gasteiger charge is 2.44. The van der Waals surface area contributed by atoms with Crippen molar-refractivity contribution in [3.8, 4) is 23.0 Å². The maximum absolute atomic E-state index is 10.4. The van der Waals surface area contributed by atoms with Crippen LogP contribution in [-0.2, 0) is 0 Å². The molecule has 1 aliphatic rings. The number of hydrogen-bond donors (Lipinski definition) is 3. The fraction of sp³-hybridized carbons (Fsp3) is 0.571. The lowest BCUT2D eigenvalue weighted by atomic mass is 9.93. The van der Waals surface area contributed by atoms with Crippen molar-refractivity contribution < 1.29 is 24.4 Å². The summed E-state index contributed by atoms with van der Waals surface area (Å²) in [5.74, 6) is 1.26. The first-order valence-electron chi connectivity index (χ1n) is 6.47. The van der Waals surface area contributed by atoms with Crippen LogP contribution in [0.15, 0.2) is 6.07 Å². The molecule has 0 radical (unpaired) electrons. The molecule has 0 spiro atoms. The van der Waals surface area contributed by atoms with Crippen molar-refractivity contribution in [2.75, 3.05) is 27.4 Å². The van der Waals surface area contributed by atoms with Crippen LogP contribution < -0.4 is 19.5 Å². The van der Waals surface area contributed by atoms with E-state index in [1.165, 1.54) is 14.2 Å². The van der Waals surface area contributed by atoms with E-state index in [4.69, 9.17) is 19.3 Å². The summed E-state index contributed by atoms with van der Waals surface area (Å²) < 4.78 is 16.3. The minimum Gasteiger partial charge on any atom is -0.504 e. The van der Waals surface area contributed by atoms with E-state index in [-0.39, 0.29) is 36.6 Å². The summed E-state index contributed by atoms with van der Waals surface area (Å²) in [7, 11) is 2.98. The Balaban J connectivity index is 0.00000220. The van der Waals surface area contributed by atoms with Gasteiger partial charge in [-0.3, -0.25) is 0 Å². The molecule has 0 aliphatic carbocycles. The molecule has 1 aromatic rings. The molecule has 7 heteroatoms. The Labute approximate surface area is 130 Å². The topological polar surface area (TPSA) is 80.2 Å². The first kappa shape index (κ1) is 17.7. The number of ether oxygens (including phenoxy) is 3. The van der Waals surface area contributed by atoms with Crippen molar-refractivity contribution >= 4 is 12.4 Å². The molecular weight excluding hydrogens is 298 g/mol. The number of nitrogens with one attached hydrogen (secondary N) is 1. The minimum absolute atomic E-state index is 0. The summed E-state index contributed by atoms with van der Waals surface area (Å²) >= 11 is 0. The monoisotopic (exact) mass is 319 g/mol. The number of fused-ring (bicyclic) bond motifs is 1. The van der Waals surface area contributed by atoms with Crippen LogP contribution >= 0.6 is 12.4 Å². The van der Waals surface area contributed by atoms with Crippen LogP contribution in [-0.4, -0.2) is 43.2 Å². The quantitative estimate of drug-likeness (QED) is 0.765.